The van der Waals surface area contributed by atoms with Gasteiger partial charge in [-0.3, -0.25) is 29.0 Å². The molecule has 0 fully saturated rings. The van der Waals surface area contributed by atoms with Crippen LogP contribution in [0, 0.1) is 39.5 Å². The Morgan fingerprint density at radius 3 is 0.937 bits per heavy atom. The summed E-state index contributed by atoms with van der Waals surface area (Å²) < 4.78 is 30.5. The van der Waals surface area contributed by atoms with Gasteiger partial charge in [0.05, 0.1) is 28.8 Å². The maximum atomic E-state index is 15.8. The fourth-order valence-electron chi connectivity index (χ4n) is 12.9. The van der Waals surface area contributed by atoms with Gasteiger partial charge in [0.15, 0.2) is 0 Å². The molecule has 0 saturated heterocycles. The van der Waals surface area contributed by atoms with Crippen LogP contribution in [0.5, 0.6) is 46.0 Å². The van der Waals surface area contributed by atoms with Crippen LogP contribution in [0.2, 0.25) is 0 Å². The second kappa shape index (κ2) is 24.6. The predicted molar refractivity (Wildman–Crippen MR) is 383 cm³/mol. The third kappa shape index (κ3) is 11.2. The van der Waals surface area contributed by atoms with Crippen molar-refractivity contribution in [2.75, 3.05) is 13.1 Å². The Hall–Kier alpha value is -10.8. The van der Waals surface area contributed by atoms with Crippen molar-refractivity contribution < 1.29 is 38.1 Å². The van der Waals surface area contributed by atoms with Crippen molar-refractivity contribution in [2.24, 2.45) is 0 Å². The van der Waals surface area contributed by atoms with E-state index in [9.17, 15) is 0 Å². The van der Waals surface area contributed by atoms with Crippen LogP contribution < -0.4 is 18.9 Å². The van der Waals surface area contributed by atoms with Gasteiger partial charge in [-0.2, -0.15) is 0 Å². The number of hydrogen-bond acceptors (Lipinski definition) is 8. The van der Waals surface area contributed by atoms with Crippen LogP contribution in [0.15, 0.2) is 221 Å². The molecular formula is C83H58Br2N2O8. The largest absolute Gasteiger partial charge is 0.457 e. The number of aryl methyl sites for hydroxylation is 4. The molecule has 2 heterocycles. The summed E-state index contributed by atoms with van der Waals surface area (Å²) in [4.78, 5) is 64.6. The molecular weight excluding hydrogens is 1310 g/mol. The molecule has 0 aromatic heterocycles. The minimum atomic E-state index is -0.593. The van der Waals surface area contributed by atoms with Gasteiger partial charge in [-0.15, -0.1) is 0 Å². The quantitative estimate of drug-likeness (QED) is 0.0432. The molecule has 462 valence electrons. The molecule has 13 aromatic rings. The van der Waals surface area contributed by atoms with E-state index in [0.29, 0.717) is 78.1 Å². The first kappa shape index (κ1) is 60.4. The highest BCUT2D eigenvalue weighted by molar-refractivity contribution is 9.10. The molecule has 0 radical (unpaired) electrons. The zero-order valence-corrected chi connectivity index (χ0v) is 55.6. The van der Waals surface area contributed by atoms with E-state index in [0.717, 1.165) is 71.0 Å². The molecule has 0 spiro atoms. The van der Waals surface area contributed by atoms with Gasteiger partial charge >= 0.3 is 0 Å². The van der Waals surface area contributed by atoms with Crippen molar-refractivity contribution in [3.8, 4) is 91.2 Å². The van der Waals surface area contributed by atoms with E-state index < -0.39 is 23.6 Å². The smallest absolute Gasteiger partial charge is 0.262 e. The van der Waals surface area contributed by atoms with E-state index in [2.05, 4.69) is 86.2 Å². The number of hydrogen-bond donors (Lipinski definition) is 0. The number of amides is 4. The first-order valence-corrected chi connectivity index (χ1v) is 33.0. The van der Waals surface area contributed by atoms with Crippen LogP contribution in [0.1, 0.15) is 89.0 Å². The molecule has 10 nitrogen and oxygen atoms in total. The molecule has 0 N–H and O–H groups in total. The van der Waals surface area contributed by atoms with Gasteiger partial charge in [0.25, 0.3) is 23.6 Å². The fraction of sp³-hybridized carbons (Fsp3) is 0.108. The molecule has 0 bridgehead atoms. The molecule has 0 saturated carbocycles. The molecule has 95 heavy (non-hydrogen) atoms. The lowest BCUT2D eigenvalue weighted by atomic mass is 9.80. The summed E-state index contributed by atoms with van der Waals surface area (Å²) in [6.45, 7) is 9.89. The second-order valence-corrected chi connectivity index (χ2v) is 26.2. The predicted octanol–water partition coefficient (Wildman–Crippen LogP) is 21.7. The molecule has 0 aliphatic carbocycles. The molecule has 2 aliphatic heterocycles. The van der Waals surface area contributed by atoms with Crippen molar-refractivity contribution in [1.82, 2.24) is 9.80 Å². The maximum absolute atomic E-state index is 15.8. The number of fused-ring (bicyclic) bond motifs is 2. The summed E-state index contributed by atoms with van der Waals surface area (Å²) >= 11 is 7.18. The number of imide groups is 2. The summed E-state index contributed by atoms with van der Waals surface area (Å²) in [7, 11) is 0. The summed E-state index contributed by atoms with van der Waals surface area (Å²) in [5.41, 5.74) is 11.9. The first-order valence-electron chi connectivity index (χ1n) is 31.5. The molecule has 0 atom stereocenters. The van der Waals surface area contributed by atoms with Crippen LogP contribution in [0.25, 0.3) is 76.5 Å². The Kier molecular flexibility index (Phi) is 15.6. The van der Waals surface area contributed by atoms with Gasteiger partial charge in [-0.1, -0.05) is 164 Å². The standard InChI is InChI=1S/C83H58Br2N2O8/c1-6-7-38-86-80(88)64-43-68(92-60-30-10-47(2)11-31-60)74-76-70(94-62-34-14-49(4)15-35-62)45-66-73-67(46-71(95-63-36-16-50(5)17-37-63)77(79(73)76)75-69(93-61-32-12-48(3)13-33-61)44-65(81(86)89)72(64)78(74)75)83(91)87(82(66)90)39-8-9-51-18-20-52(21-19-51)55-40-56(53-22-26-58(84)27-23-53)42-57(41-55)54-24-28-59(85)29-25-54/h10-37,40-46H,6-7,38-39H2,1-5H3. The Balaban J connectivity index is 0.945. The Labute approximate surface area is 565 Å². The minimum Gasteiger partial charge on any atom is -0.457 e. The average molecular weight is 1370 g/mol. The fourth-order valence-corrected chi connectivity index (χ4v) is 13.4. The zero-order valence-electron chi connectivity index (χ0n) is 52.5. The average Bonchev–Trinajstić information content (AvgIpc) is 0.673. The van der Waals surface area contributed by atoms with Crippen LogP contribution in [0.3, 0.4) is 0 Å². The Morgan fingerprint density at radius 1 is 0.337 bits per heavy atom. The van der Waals surface area contributed by atoms with Crippen molar-refractivity contribution in [1.29, 1.82) is 0 Å². The monoisotopic (exact) mass is 1370 g/mol. The highest BCUT2D eigenvalue weighted by Crippen LogP contribution is 2.58. The van der Waals surface area contributed by atoms with Gasteiger partial charge in [0, 0.05) is 64.1 Å². The van der Waals surface area contributed by atoms with Crippen LogP contribution in [-0.2, 0) is 0 Å². The second-order valence-electron chi connectivity index (χ2n) is 24.4. The number of unbranched alkanes of at least 4 members (excludes halogenated alkanes) is 1. The highest BCUT2D eigenvalue weighted by atomic mass is 79.9. The number of rotatable bonds is 15. The van der Waals surface area contributed by atoms with E-state index in [1.54, 1.807) is 24.3 Å². The van der Waals surface area contributed by atoms with E-state index in [1.807, 2.05) is 180 Å². The van der Waals surface area contributed by atoms with Gasteiger partial charge in [0.1, 0.15) is 46.0 Å². The van der Waals surface area contributed by atoms with Crippen LogP contribution in [0.4, 0.5) is 0 Å². The van der Waals surface area contributed by atoms with E-state index >= 15 is 19.2 Å². The molecule has 13 aromatic carbocycles. The summed E-state index contributed by atoms with van der Waals surface area (Å²) in [5, 5.41) is 3.36. The number of carbonyl (C=O) groups is 4. The Morgan fingerprint density at radius 2 is 0.632 bits per heavy atom. The number of nitrogens with zero attached hydrogens (tertiary/aromatic N) is 2. The minimum absolute atomic E-state index is 0.176. The van der Waals surface area contributed by atoms with Gasteiger partial charge in [-0.25, -0.2) is 0 Å². The molecule has 15 rings (SSSR count). The Bertz CT molecular complexity index is 5080. The maximum Gasteiger partial charge on any atom is 0.262 e. The van der Waals surface area contributed by atoms with E-state index in [-0.39, 0.29) is 58.3 Å². The van der Waals surface area contributed by atoms with Crippen molar-refractivity contribution in [3.05, 3.63) is 271 Å². The highest BCUT2D eigenvalue weighted by Gasteiger charge is 2.41. The molecule has 2 aliphatic rings. The van der Waals surface area contributed by atoms with Gasteiger partial charge in [-0.05, 0) is 195 Å². The normalized spacial score (nSPS) is 12.7. The lowest BCUT2D eigenvalue weighted by molar-refractivity contribution is 0.0600. The van der Waals surface area contributed by atoms with E-state index in [1.165, 1.54) is 9.80 Å². The summed E-state index contributed by atoms with van der Waals surface area (Å²) in [5.74, 6) is 7.16. The van der Waals surface area contributed by atoms with Crippen molar-refractivity contribution in [3.63, 3.8) is 0 Å². The van der Waals surface area contributed by atoms with Crippen LogP contribution in [-0.4, -0.2) is 46.5 Å². The van der Waals surface area contributed by atoms with Crippen LogP contribution >= 0.6 is 31.9 Å². The third-order valence-electron chi connectivity index (χ3n) is 17.8. The van der Waals surface area contributed by atoms with Crippen molar-refractivity contribution >= 4 is 98.6 Å². The lowest BCUT2D eigenvalue weighted by Crippen LogP contribution is -2.41. The molecule has 0 unspecified atom stereocenters. The first-order chi connectivity index (χ1) is 46.1. The van der Waals surface area contributed by atoms with Gasteiger partial charge < -0.3 is 18.9 Å². The topological polar surface area (TPSA) is 112 Å². The lowest BCUT2D eigenvalue weighted by Gasteiger charge is -2.32. The van der Waals surface area contributed by atoms with Crippen molar-refractivity contribution in [2.45, 2.75) is 47.5 Å². The summed E-state index contributed by atoms with van der Waals surface area (Å²) in [6, 6.07) is 68.3. The van der Waals surface area contributed by atoms with E-state index in [4.69, 9.17) is 18.9 Å². The molecule has 12 heteroatoms. The third-order valence-corrected chi connectivity index (χ3v) is 18.8. The molecule has 4 amide bonds. The summed E-state index contributed by atoms with van der Waals surface area (Å²) in [6.07, 6.45) is 1.33. The number of halogens is 2. The SMILES string of the molecule is CCCCN1C(=O)c2cc(Oc3ccc(C)cc3)c3c4c(Oc5ccc(C)cc5)cc5c6c(cc(Oc7ccc(C)cc7)c(c7c(Oc8ccc(C)cc8)cc(c2c37)C1=O)c64)C(=O)N(CC#Cc1ccc(-c2cc(-c3ccc(Br)cc3)cc(-c3ccc(Br)cc3)c2)cc1)C5=O. The van der Waals surface area contributed by atoms with Gasteiger partial charge in [0.2, 0.25) is 0 Å². The zero-order chi connectivity index (χ0) is 65.3. The number of carbonyl (C=O) groups excluding carboxylic acids is 4. The number of benzene rings is 13. The number of ether oxygens (including phenoxy) is 4.